The van der Waals surface area contributed by atoms with Crippen molar-refractivity contribution in [1.29, 1.82) is 0 Å². The first-order valence-electron chi connectivity index (χ1n) is 4.41. The van der Waals surface area contributed by atoms with Gasteiger partial charge in [0.05, 0.1) is 6.10 Å². The van der Waals surface area contributed by atoms with E-state index in [9.17, 15) is 5.11 Å². The maximum Gasteiger partial charge on any atom is 0.0644 e. The molecule has 3 rings (SSSR count). The van der Waals surface area contributed by atoms with Crippen LogP contribution >= 0.6 is 0 Å². The number of aliphatic hydroxyl groups is 1. The Hall–Kier alpha value is -0.300. The summed E-state index contributed by atoms with van der Waals surface area (Å²) in [5, 5.41) is 9.67. The molecular weight excluding hydrogens is 136 g/mol. The van der Waals surface area contributed by atoms with Crippen LogP contribution in [0.2, 0.25) is 0 Å². The largest absolute Gasteiger partial charge is 0.392 e. The average Bonchev–Trinajstić information content (AvgIpc) is 1.85. The fraction of sp³-hybridized carbons (Fsp3) is 0.800. The van der Waals surface area contributed by atoms with Crippen LogP contribution in [0.5, 0.6) is 0 Å². The standard InChI is InChI=1S/C10H16O/c1-6-4-5-7-9(11)8(6)10(7,2)3/h7-9,11H,1,4-5H2,2-3H3/t7?,8?,9-/m0/s1. The molecule has 3 saturated carbocycles. The summed E-state index contributed by atoms with van der Waals surface area (Å²) in [6, 6.07) is 0. The van der Waals surface area contributed by atoms with Crippen molar-refractivity contribution in [3.63, 3.8) is 0 Å². The lowest BCUT2D eigenvalue weighted by Gasteiger charge is -2.61. The summed E-state index contributed by atoms with van der Waals surface area (Å²) >= 11 is 0. The topological polar surface area (TPSA) is 20.2 Å². The number of rotatable bonds is 0. The minimum absolute atomic E-state index is 0.0775. The fourth-order valence-corrected chi connectivity index (χ4v) is 3.03. The summed E-state index contributed by atoms with van der Waals surface area (Å²) in [6.45, 7) is 8.52. The first-order chi connectivity index (χ1) is 5.05. The molecule has 11 heavy (non-hydrogen) atoms. The van der Waals surface area contributed by atoms with Gasteiger partial charge >= 0.3 is 0 Å². The third-order valence-corrected chi connectivity index (χ3v) is 3.73. The second-order valence-electron chi connectivity index (χ2n) is 4.59. The number of hydrogen-bond acceptors (Lipinski definition) is 1. The van der Waals surface area contributed by atoms with Gasteiger partial charge in [0, 0.05) is 5.92 Å². The van der Waals surface area contributed by atoms with Crippen molar-refractivity contribution in [2.45, 2.75) is 32.8 Å². The minimum atomic E-state index is -0.0775. The molecule has 62 valence electrons. The zero-order chi connectivity index (χ0) is 8.22. The predicted molar refractivity (Wildman–Crippen MR) is 45.1 cm³/mol. The third kappa shape index (κ3) is 0.698. The molecule has 1 nitrogen and oxygen atoms in total. The molecule has 0 aromatic rings. The van der Waals surface area contributed by atoms with E-state index in [-0.39, 0.29) is 6.10 Å². The zero-order valence-electron chi connectivity index (χ0n) is 7.30. The Kier molecular flexibility index (Phi) is 1.26. The molecule has 2 unspecified atom stereocenters. The summed E-state index contributed by atoms with van der Waals surface area (Å²) < 4.78 is 0. The Morgan fingerprint density at radius 2 is 2.18 bits per heavy atom. The summed E-state index contributed by atoms with van der Waals surface area (Å²) in [4.78, 5) is 0. The molecule has 1 heteroatoms. The van der Waals surface area contributed by atoms with E-state index in [2.05, 4.69) is 20.4 Å². The van der Waals surface area contributed by atoms with E-state index in [4.69, 9.17) is 0 Å². The van der Waals surface area contributed by atoms with Gasteiger partial charge < -0.3 is 5.11 Å². The van der Waals surface area contributed by atoms with Crippen LogP contribution in [0.3, 0.4) is 0 Å². The molecule has 3 aliphatic rings. The predicted octanol–water partition coefficient (Wildman–Crippen LogP) is 1.97. The highest BCUT2D eigenvalue weighted by atomic mass is 16.3. The lowest BCUT2D eigenvalue weighted by atomic mass is 9.46. The molecule has 3 fully saturated rings. The van der Waals surface area contributed by atoms with E-state index >= 15 is 0 Å². The molecule has 0 radical (unpaired) electrons. The molecule has 1 N–H and O–H groups in total. The molecule has 0 saturated heterocycles. The lowest BCUT2D eigenvalue weighted by molar-refractivity contribution is -0.158. The number of fused-ring (bicyclic) bond motifs is 2. The van der Waals surface area contributed by atoms with Crippen molar-refractivity contribution >= 4 is 0 Å². The van der Waals surface area contributed by atoms with E-state index in [1.165, 1.54) is 5.57 Å². The molecule has 0 heterocycles. The van der Waals surface area contributed by atoms with E-state index < -0.39 is 0 Å². The Bertz CT molecular complexity index is 205. The van der Waals surface area contributed by atoms with Crippen LogP contribution in [-0.2, 0) is 0 Å². The molecule has 2 bridgehead atoms. The quantitative estimate of drug-likeness (QED) is 0.526. The smallest absolute Gasteiger partial charge is 0.0644 e. The molecule has 0 aliphatic heterocycles. The molecular formula is C10H16O. The highest BCUT2D eigenvalue weighted by Crippen LogP contribution is 2.60. The maximum absolute atomic E-state index is 9.67. The molecule has 0 aromatic carbocycles. The van der Waals surface area contributed by atoms with Crippen molar-refractivity contribution in [3.05, 3.63) is 12.2 Å². The van der Waals surface area contributed by atoms with Crippen molar-refractivity contribution in [1.82, 2.24) is 0 Å². The average molecular weight is 152 g/mol. The van der Waals surface area contributed by atoms with E-state index in [1.54, 1.807) is 0 Å². The fourth-order valence-electron chi connectivity index (χ4n) is 3.03. The molecule has 3 atom stereocenters. The van der Waals surface area contributed by atoms with Crippen LogP contribution in [-0.4, -0.2) is 11.2 Å². The Morgan fingerprint density at radius 3 is 2.45 bits per heavy atom. The van der Waals surface area contributed by atoms with Gasteiger partial charge in [-0.2, -0.15) is 0 Å². The highest BCUT2D eigenvalue weighted by Gasteiger charge is 2.58. The number of hydrogen-bond donors (Lipinski definition) is 1. The molecule has 0 aromatic heterocycles. The zero-order valence-corrected chi connectivity index (χ0v) is 7.30. The second-order valence-corrected chi connectivity index (χ2v) is 4.59. The van der Waals surface area contributed by atoms with Gasteiger partial charge in [0.2, 0.25) is 0 Å². The van der Waals surface area contributed by atoms with Crippen molar-refractivity contribution in [3.8, 4) is 0 Å². The highest BCUT2D eigenvalue weighted by molar-refractivity contribution is 5.22. The molecule has 3 aliphatic carbocycles. The first-order valence-corrected chi connectivity index (χ1v) is 4.41. The van der Waals surface area contributed by atoms with Crippen LogP contribution < -0.4 is 0 Å². The van der Waals surface area contributed by atoms with Crippen LogP contribution in [0.15, 0.2) is 12.2 Å². The van der Waals surface area contributed by atoms with Crippen molar-refractivity contribution in [2.24, 2.45) is 17.3 Å². The van der Waals surface area contributed by atoms with Gasteiger partial charge in [-0.25, -0.2) is 0 Å². The number of aliphatic hydroxyl groups excluding tert-OH is 1. The third-order valence-electron chi connectivity index (χ3n) is 3.73. The van der Waals surface area contributed by atoms with Gasteiger partial charge in [0.25, 0.3) is 0 Å². The summed E-state index contributed by atoms with van der Waals surface area (Å²) in [5.41, 5.74) is 1.60. The molecule has 0 spiro atoms. The summed E-state index contributed by atoms with van der Waals surface area (Å²) in [6.07, 6.45) is 2.20. The van der Waals surface area contributed by atoms with Gasteiger partial charge in [0.1, 0.15) is 0 Å². The SMILES string of the molecule is C=C1CCC2[C@H](O)C1C2(C)C. The first kappa shape index (κ1) is 7.35. The van der Waals surface area contributed by atoms with Crippen LogP contribution in [0.4, 0.5) is 0 Å². The Morgan fingerprint density at radius 1 is 1.55 bits per heavy atom. The minimum Gasteiger partial charge on any atom is -0.392 e. The maximum atomic E-state index is 9.67. The second kappa shape index (κ2) is 1.89. The van der Waals surface area contributed by atoms with E-state index in [1.807, 2.05) is 0 Å². The summed E-state index contributed by atoms with van der Waals surface area (Å²) in [5.74, 6) is 0.930. The van der Waals surface area contributed by atoms with E-state index in [0.29, 0.717) is 17.3 Å². The van der Waals surface area contributed by atoms with Gasteiger partial charge in [-0.15, -0.1) is 0 Å². The Labute approximate surface area is 68.1 Å². The normalized spacial score (nSPS) is 46.8. The van der Waals surface area contributed by atoms with Crippen molar-refractivity contribution in [2.75, 3.05) is 0 Å². The van der Waals surface area contributed by atoms with Gasteiger partial charge in [-0.1, -0.05) is 26.0 Å². The van der Waals surface area contributed by atoms with Crippen LogP contribution in [0.1, 0.15) is 26.7 Å². The van der Waals surface area contributed by atoms with Crippen LogP contribution in [0, 0.1) is 17.3 Å². The van der Waals surface area contributed by atoms with Gasteiger partial charge in [0.15, 0.2) is 0 Å². The molecule has 0 amide bonds. The Balaban J connectivity index is 2.28. The monoisotopic (exact) mass is 152 g/mol. The lowest BCUT2D eigenvalue weighted by Crippen LogP contribution is -2.60. The van der Waals surface area contributed by atoms with Gasteiger partial charge in [-0.3, -0.25) is 0 Å². The summed E-state index contributed by atoms with van der Waals surface area (Å²) in [7, 11) is 0. The van der Waals surface area contributed by atoms with E-state index in [0.717, 1.165) is 12.8 Å². The van der Waals surface area contributed by atoms with Gasteiger partial charge in [-0.05, 0) is 24.2 Å². The van der Waals surface area contributed by atoms with Crippen molar-refractivity contribution < 1.29 is 5.11 Å². The van der Waals surface area contributed by atoms with Crippen LogP contribution in [0.25, 0.3) is 0 Å².